The number of carbonyl (C=O) groups excluding carboxylic acids is 2. The molecule has 0 heterocycles. The summed E-state index contributed by atoms with van der Waals surface area (Å²) in [7, 11) is 1.49. The van der Waals surface area contributed by atoms with Crippen LogP contribution in [0.3, 0.4) is 0 Å². The number of quaternary nitrogens is 1. The zero-order chi connectivity index (χ0) is 54.2. The van der Waals surface area contributed by atoms with Gasteiger partial charge in [-0.1, -0.05) is 262 Å². The molecule has 0 aliphatic rings. The highest BCUT2D eigenvalue weighted by Crippen LogP contribution is 2.43. The molecule has 0 spiro atoms. The first kappa shape index (κ1) is 72.2. The number of nitrogens with zero attached hydrogens (tertiary/aromatic N) is 1. The second kappa shape index (κ2) is 56.0. The molecule has 74 heavy (non-hydrogen) atoms. The largest absolute Gasteiger partial charge is 0.472 e. The molecule has 0 rings (SSSR count). The van der Waals surface area contributed by atoms with E-state index in [9.17, 15) is 19.0 Å². The SMILES string of the molecule is CCCCCCC/C=C\C/C=C\CCCCCCCCCCCC(=O)OC(COC(=O)CCCCCCCCCCCCCCCCCCC/C=C\CCCCCCCCCC)COP(=O)(O)OCC[N+](C)(C)C. The number of allylic oxidation sites excluding steroid dienone is 6. The summed E-state index contributed by atoms with van der Waals surface area (Å²) in [5.41, 5.74) is 0. The van der Waals surface area contributed by atoms with Crippen LogP contribution in [0, 0.1) is 0 Å². The number of carbonyl (C=O) groups is 2. The molecular weight excluding hydrogens is 942 g/mol. The van der Waals surface area contributed by atoms with Crippen LogP contribution in [-0.4, -0.2) is 74.9 Å². The van der Waals surface area contributed by atoms with E-state index in [1.807, 2.05) is 21.1 Å². The van der Waals surface area contributed by atoms with Gasteiger partial charge in [0, 0.05) is 12.8 Å². The van der Waals surface area contributed by atoms with Crippen LogP contribution < -0.4 is 0 Å². The van der Waals surface area contributed by atoms with Crippen molar-refractivity contribution in [3.8, 4) is 0 Å². The minimum atomic E-state index is -4.39. The number of unbranched alkanes of at least 4 members (excludes halogenated alkanes) is 39. The van der Waals surface area contributed by atoms with Crippen molar-refractivity contribution in [1.82, 2.24) is 0 Å². The number of rotatable bonds is 59. The summed E-state index contributed by atoms with van der Waals surface area (Å²) in [5, 5.41) is 0. The average molecular weight is 1070 g/mol. The Bertz CT molecular complexity index is 1340. The molecule has 0 aromatic heterocycles. The molecule has 0 saturated heterocycles. The summed E-state index contributed by atoms with van der Waals surface area (Å²) >= 11 is 0. The van der Waals surface area contributed by atoms with Crippen molar-refractivity contribution in [1.29, 1.82) is 0 Å². The van der Waals surface area contributed by atoms with Gasteiger partial charge in [-0.3, -0.25) is 18.6 Å². The zero-order valence-corrected chi connectivity index (χ0v) is 50.5. The van der Waals surface area contributed by atoms with Gasteiger partial charge in [0.25, 0.3) is 0 Å². The van der Waals surface area contributed by atoms with Crippen LogP contribution in [0.1, 0.15) is 309 Å². The van der Waals surface area contributed by atoms with Crippen LogP contribution in [0.4, 0.5) is 0 Å². The maximum Gasteiger partial charge on any atom is 0.472 e. The van der Waals surface area contributed by atoms with Crippen LogP contribution >= 0.6 is 7.82 Å². The summed E-state index contributed by atoms with van der Waals surface area (Å²) in [6, 6.07) is 0. The molecule has 2 atom stereocenters. The lowest BCUT2D eigenvalue weighted by atomic mass is 10.0. The maximum atomic E-state index is 12.8. The van der Waals surface area contributed by atoms with Gasteiger partial charge in [-0.15, -0.1) is 0 Å². The second-order valence-electron chi connectivity index (χ2n) is 22.8. The van der Waals surface area contributed by atoms with E-state index in [4.69, 9.17) is 18.5 Å². The van der Waals surface area contributed by atoms with Gasteiger partial charge in [0.15, 0.2) is 6.10 Å². The van der Waals surface area contributed by atoms with E-state index in [0.29, 0.717) is 23.9 Å². The highest BCUT2D eigenvalue weighted by atomic mass is 31.2. The van der Waals surface area contributed by atoms with Crippen LogP contribution in [0.5, 0.6) is 0 Å². The van der Waals surface area contributed by atoms with Crippen molar-refractivity contribution in [2.24, 2.45) is 0 Å². The third-order valence-corrected chi connectivity index (χ3v) is 15.1. The van der Waals surface area contributed by atoms with E-state index in [2.05, 4.69) is 50.3 Å². The van der Waals surface area contributed by atoms with Crippen LogP contribution in [0.2, 0.25) is 0 Å². The van der Waals surface area contributed by atoms with Crippen molar-refractivity contribution >= 4 is 19.8 Å². The number of likely N-dealkylation sites (N-methyl/N-ethyl adjacent to an activating group) is 1. The maximum absolute atomic E-state index is 12.8. The predicted molar refractivity (Wildman–Crippen MR) is 317 cm³/mol. The van der Waals surface area contributed by atoms with Crippen molar-refractivity contribution in [3.63, 3.8) is 0 Å². The van der Waals surface area contributed by atoms with Crippen LogP contribution in [0.25, 0.3) is 0 Å². The Morgan fingerprint density at radius 1 is 0.419 bits per heavy atom. The van der Waals surface area contributed by atoms with Gasteiger partial charge in [-0.25, -0.2) is 4.57 Å². The standard InChI is InChI=1S/C64H122NO8P/c1-6-8-10-12-14-16-18-20-22-24-26-28-29-30-31-32-33-34-35-37-38-40-42-44-46-48-50-52-54-56-63(66)70-60-62(61-72-74(68,69)71-59-58-65(3,4)5)73-64(67)57-55-53-51-49-47-45-43-41-39-36-27-25-23-21-19-17-15-13-11-9-7-2/h19,21,24-27,62H,6-18,20,22-23,28-61H2,1-5H3/p+1/b21-19-,26-24-,27-25-. The monoisotopic (exact) mass is 1060 g/mol. The molecule has 0 aromatic rings. The highest BCUT2D eigenvalue weighted by molar-refractivity contribution is 7.47. The molecule has 2 unspecified atom stereocenters. The molecule has 0 aliphatic heterocycles. The fourth-order valence-corrected chi connectivity index (χ4v) is 9.96. The smallest absolute Gasteiger partial charge is 0.462 e. The average Bonchev–Trinajstić information content (AvgIpc) is 3.36. The molecule has 0 amide bonds. The normalized spacial score (nSPS) is 13.4. The number of phosphoric ester groups is 1. The Hall–Kier alpha value is -1.77. The predicted octanol–water partition coefficient (Wildman–Crippen LogP) is 19.9. The van der Waals surface area contributed by atoms with Gasteiger partial charge in [0.05, 0.1) is 27.7 Å². The minimum Gasteiger partial charge on any atom is -0.462 e. The quantitative estimate of drug-likeness (QED) is 0.0211. The molecule has 0 radical (unpaired) electrons. The van der Waals surface area contributed by atoms with E-state index in [-0.39, 0.29) is 25.6 Å². The van der Waals surface area contributed by atoms with E-state index in [1.54, 1.807) is 0 Å². The number of ether oxygens (including phenoxy) is 2. The topological polar surface area (TPSA) is 108 Å². The number of phosphoric acid groups is 1. The lowest BCUT2D eigenvalue weighted by molar-refractivity contribution is -0.870. The third-order valence-electron chi connectivity index (χ3n) is 14.1. The molecular formula is C64H123NO8P+. The third kappa shape index (κ3) is 59.5. The Kier molecular flexibility index (Phi) is 54.6. The first-order valence-electron chi connectivity index (χ1n) is 31.7. The van der Waals surface area contributed by atoms with Gasteiger partial charge < -0.3 is 18.9 Å². The Morgan fingerprint density at radius 2 is 0.730 bits per heavy atom. The molecule has 0 saturated carbocycles. The lowest BCUT2D eigenvalue weighted by Crippen LogP contribution is -2.37. The summed E-state index contributed by atoms with van der Waals surface area (Å²) in [5.74, 6) is -0.787. The number of hydrogen-bond donors (Lipinski definition) is 1. The second-order valence-corrected chi connectivity index (χ2v) is 24.2. The van der Waals surface area contributed by atoms with Gasteiger partial charge in [0.1, 0.15) is 19.8 Å². The van der Waals surface area contributed by atoms with Gasteiger partial charge in [-0.2, -0.15) is 0 Å². The molecule has 436 valence electrons. The van der Waals surface area contributed by atoms with Crippen molar-refractivity contribution in [2.75, 3.05) is 47.5 Å². The van der Waals surface area contributed by atoms with Gasteiger partial charge in [-0.05, 0) is 70.6 Å². The first-order valence-corrected chi connectivity index (χ1v) is 33.2. The number of hydrogen-bond acceptors (Lipinski definition) is 7. The summed E-state index contributed by atoms with van der Waals surface area (Å²) < 4.78 is 34.6. The summed E-state index contributed by atoms with van der Waals surface area (Å²) in [4.78, 5) is 35.8. The fraction of sp³-hybridized carbons (Fsp3) is 0.875. The van der Waals surface area contributed by atoms with E-state index in [1.165, 1.54) is 231 Å². The van der Waals surface area contributed by atoms with E-state index >= 15 is 0 Å². The van der Waals surface area contributed by atoms with Crippen molar-refractivity contribution in [2.45, 2.75) is 315 Å². The van der Waals surface area contributed by atoms with Crippen molar-refractivity contribution in [3.05, 3.63) is 36.5 Å². The number of esters is 2. The molecule has 10 heteroatoms. The Morgan fingerprint density at radius 3 is 1.08 bits per heavy atom. The summed E-state index contributed by atoms with van der Waals surface area (Å²) in [6.07, 6.45) is 69.4. The molecule has 0 fully saturated rings. The minimum absolute atomic E-state index is 0.0322. The fourth-order valence-electron chi connectivity index (χ4n) is 9.22. The first-order chi connectivity index (χ1) is 36.0. The van der Waals surface area contributed by atoms with E-state index in [0.717, 1.165) is 44.9 Å². The molecule has 0 aliphatic carbocycles. The van der Waals surface area contributed by atoms with Crippen LogP contribution in [0.15, 0.2) is 36.5 Å². The Labute approximate surface area is 459 Å². The highest BCUT2D eigenvalue weighted by Gasteiger charge is 2.27. The lowest BCUT2D eigenvalue weighted by Gasteiger charge is -2.24. The Balaban J connectivity index is 4.06. The summed E-state index contributed by atoms with van der Waals surface area (Å²) in [6.45, 7) is 4.47. The van der Waals surface area contributed by atoms with Crippen LogP contribution in [-0.2, 0) is 32.7 Å². The molecule has 0 bridgehead atoms. The van der Waals surface area contributed by atoms with Gasteiger partial charge >= 0.3 is 19.8 Å². The van der Waals surface area contributed by atoms with E-state index < -0.39 is 26.5 Å². The molecule has 0 aromatic carbocycles. The molecule has 9 nitrogen and oxygen atoms in total. The van der Waals surface area contributed by atoms with Gasteiger partial charge in [0.2, 0.25) is 0 Å². The van der Waals surface area contributed by atoms with Crippen molar-refractivity contribution < 1.29 is 42.1 Å². The zero-order valence-electron chi connectivity index (χ0n) is 49.6. The molecule has 1 N–H and O–H groups in total.